The van der Waals surface area contributed by atoms with Gasteiger partial charge in [-0.05, 0) is 36.5 Å². The summed E-state index contributed by atoms with van der Waals surface area (Å²) in [5.74, 6) is 0.188. The summed E-state index contributed by atoms with van der Waals surface area (Å²) in [4.78, 5) is 12.0. The lowest BCUT2D eigenvalue weighted by molar-refractivity contribution is 0.234. The molecule has 7 heteroatoms. The number of amides is 2. The third kappa shape index (κ3) is 3.16. The Balaban J connectivity index is 1.61. The number of nitrogens with one attached hydrogen (secondary N) is 2. The fraction of sp³-hybridized carbons (Fsp3) is 0.500. The molecule has 5 nitrogen and oxygen atoms in total. The Morgan fingerprint density at radius 1 is 1.24 bits per heavy atom. The van der Waals surface area contributed by atoms with Crippen molar-refractivity contribution in [3.63, 3.8) is 0 Å². The summed E-state index contributed by atoms with van der Waals surface area (Å²) in [5, 5.41) is 6.39. The van der Waals surface area contributed by atoms with Gasteiger partial charge in [0.2, 0.25) is 0 Å². The molecule has 2 amide bonds. The van der Waals surface area contributed by atoms with Crippen LogP contribution < -0.4 is 10.6 Å². The number of carbonyl (C=O) groups is 1. The number of halogens is 1. The standard InChI is InChI=1S/C14H17ClN2O3S/c15-12-3-1-2-11-10(12)4-5-13(11)17-14(18)16-9-6-7-21(19,20)8-9/h1-3,9,13H,4-8H2,(H2,16,17,18). The van der Waals surface area contributed by atoms with Crippen LogP contribution in [0.3, 0.4) is 0 Å². The second-order valence-corrected chi connectivity index (χ2v) is 8.25. The van der Waals surface area contributed by atoms with Crippen LogP contribution in [0.1, 0.15) is 30.0 Å². The van der Waals surface area contributed by atoms with E-state index in [2.05, 4.69) is 10.6 Å². The second kappa shape index (κ2) is 5.50. The van der Waals surface area contributed by atoms with Crippen LogP contribution in [0.15, 0.2) is 18.2 Å². The van der Waals surface area contributed by atoms with E-state index in [1.165, 1.54) is 0 Å². The largest absolute Gasteiger partial charge is 0.334 e. The number of hydrogen-bond donors (Lipinski definition) is 2. The molecule has 1 aliphatic heterocycles. The van der Waals surface area contributed by atoms with E-state index in [0.29, 0.717) is 6.42 Å². The van der Waals surface area contributed by atoms with Crippen molar-refractivity contribution in [3.8, 4) is 0 Å². The van der Waals surface area contributed by atoms with Gasteiger partial charge in [-0.25, -0.2) is 13.2 Å². The molecule has 2 atom stereocenters. The Labute approximate surface area is 129 Å². The first-order valence-corrected chi connectivity index (χ1v) is 9.19. The Morgan fingerprint density at radius 3 is 2.76 bits per heavy atom. The maximum Gasteiger partial charge on any atom is 0.315 e. The van der Waals surface area contributed by atoms with Crippen LogP contribution in [0.2, 0.25) is 5.02 Å². The minimum atomic E-state index is -2.98. The maximum atomic E-state index is 12.0. The molecule has 3 rings (SSSR count). The lowest BCUT2D eigenvalue weighted by Crippen LogP contribution is -2.43. The van der Waals surface area contributed by atoms with Crippen molar-refractivity contribution in [1.82, 2.24) is 10.6 Å². The van der Waals surface area contributed by atoms with Crippen molar-refractivity contribution in [2.75, 3.05) is 11.5 Å². The number of fused-ring (bicyclic) bond motifs is 1. The minimum absolute atomic E-state index is 0.0352. The molecule has 114 valence electrons. The minimum Gasteiger partial charge on any atom is -0.334 e. The summed E-state index contributed by atoms with van der Waals surface area (Å²) in [7, 11) is -2.98. The number of rotatable bonds is 2. The number of sulfone groups is 1. The first-order valence-electron chi connectivity index (χ1n) is 6.99. The van der Waals surface area contributed by atoms with Crippen LogP contribution in [0.5, 0.6) is 0 Å². The average molecular weight is 329 g/mol. The highest BCUT2D eigenvalue weighted by molar-refractivity contribution is 7.91. The van der Waals surface area contributed by atoms with Gasteiger partial charge in [-0.15, -0.1) is 0 Å². The summed E-state index contributed by atoms with van der Waals surface area (Å²) >= 11 is 6.15. The van der Waals surface area contributed by atoms with Crippen molar-refractivity contribution in [1.29, 1.82) is 0 Å². The number of carbonyl (C=O) groups excluding carboxylic acids is 1. The van der Waals surface area contributed by atoms with Crippen molar-refractivity contribution >= 4 is 27.5 Å². The van der Waals surface area contributed by atoms with Crippen molar-refractivity contribution in [2.24, 2.45) is 0 Å². The zero-order chi connectivity index (χ0) is 15.0. The predicted molar refractivity (Wildman–Crippen MR) is 81.2 cm³/mol. The molecule has 2 unspecified atom stereocenters. The molecule has 1 aromatic carbocycles. The van der Waals surface area contributed by atoms with Gasteiger partial charge < -0.3 is 10.6 Å². The molecule has 1 aromatic rings. The summed E-state index contributed by atoms with van der Waals surface area (Å²) < 4.78 is 22.8. The van der Waals surface area contributed by atoms with Gasteiger partial charge in [0.05, 0.1) is 17.5 Å². The number of urea groups is 1. The molecule has 1 fully saturated rings. The van der Waals surface area contributed by atoms with E-state index in [-0.39, 0.29) is 29.6 Å². The molecule has 21 heavy (non-hydrogen) atoms. The van der Waals surface area contributed by atoms with Gasteiger partial charge in [-0.3, -0.25) is 0 Å². The van der Waals surface area contributed by atoms with Gasteiger partial charge in [-0.1, -0.05) is 23.7 Å². The van der Waals surface area contributed by atoms with E-state index in [1.807, 2.05) is 18.2 Å². The van der Waals surface area contributed by atoms with Gasteiger partial charge in [0, 0.05) is 11.1 Å². The average Bonchev–Trinajstić information content (AvgIpc) is 2.95. The zero-order valence-electron chi connectivity index (χ0n) is 11.4. The monoisotopic (exact) mass is 328 g/mol. The fourth-order valence-electron chi connectivity index (χ4n) is 3.05. The smallest absolute Gasteiger partial charge is 0.315 e. The molecule has 1 saturated heterocycles. The van der Waals surface area contributed by atoms with Gasteiger partial charge in [0.1, 0.15) is 0 Å². The van der Waals surface area contributed by atoms with Crippen LogP contribution in [0.25, 0.3) is 0 Å². The molecule has 1 aliphatic carbocycles. The highest BCUT2D eigenvalue weighted by Crippen LogP contribution is 2.35. The lowest BCUT2D eigenvalue weighted by Gasteiger charge is -2.17. The maximum absolute atomic E-state index is 12.0. The molecular weight excluding hydrogens is 312 g/mol. The van der Waals surface area contributed by atoms with Gasteiger partial charge in [0.25, 0.3) is 0 Å². The van der Waals surface area contributed by atoms with Crippen LogP contribution in [0.4, 0.5) is 4.79 Å². The number of benzene rings is 1. The molecule has 0 spiro atoms. The molecule has 0 radical (unpaired) electrons. The summed E-state index contributed by atoms with van der Waals surface area (Å²) in [5.41, 5.74) is 2.14. The fourth-order valence-corrected chi connectivity index (χ4v) is 5.00. The highest BCUT2D eigenvalue weighted by Gasteiger charge is 2.30. The van der Waals surface area contributed by atoms with E-state index in [0.717, 1.165) is 29.0 Å². The van der Waals surface area contributed by atoms with E-state index in [1.54, 1.807) is 0 Å². The van der Waals surface area contributed by atoms with E-state index < -0.39 is 9.84 Å². The van der Waals surface area contributed by atoms with Gasteiger partial charge >= 0.3 is 6.03 Å². The SMILES string of the molecule is O=C(NC1CCS(=O)(=O)C1)NC1CCc2c(Cl)cccc21. The summed E-state index contributed by atoms with van der Waals surface area (Å²) in [6, 6.07) is 5.05. The molecular formula is C14H17ClN2O3S. The Morgan fingerprint density at radius 2 is 2.05 bits per heavy atom. The van der Waals surface area contributed by atoms with E-state index >= 15 is 0 Å². The summed E-state index contributed by atoms with van der Waals surface area (Å²) in [6.45, 7) is 0. The van der Waals surface area contributed by atoms with Crippen molar-refractivity contribution < 1.29 is 13.2 Å². The molecule has 1 heterocycles. The van der Waals surface area contributed by atoms with Crippen LogP contribution in [-0.4, -0.2) is 32.0 Å². The van der Waals surface area contributed by atoms with E-state index in [9.17, 15) is 13.2 Å². The third-order valence-electron chi connectivity index (χ3n) is 4.09. The Hall–Kier alpha value is -1.27. The number of hydrogen-bond acceptors (Lipinski definition) is 3. The Bertz CT molecular complexity index is 675. The quantitative estimate of drug-likeness (QED) is 0.869. The third-order valence-corrected chi connectivity index (χ3v) is 6.21. The van der Waals surface area contributed by atoms with Crippen molar-refractivity contribution in [3.05, 3.63) is 34.3 Å². The molecule has 2 N–H and O–H groups in total. The normalized spacial score (nSPS) is 26.3. The highest BCUT2D eigenvalue weighted by atomic mass is 35.5. The zero-order valence-corrected chi connectivity index (χ0v) is 13.0. The van der Waals surface area contributed by atoms with Crippen molar-refractivity contribution in [2.45, 2.75) is 31.3 Å². The lowest BCUT2D eigenvalue weighted by atomic mass is 10.1. The summed E-state index contributed by atoms with van der Waals surface area (Å²) in [6.07, 6.45) is 2.15. The first kappa shape index (κ1) is 14.7. The Kier molecular flexibility index (Phi) is 3.84. The van der Waals surface area contributed by atoms with Gasteiger partial charge in [0.15, 0.2) is 9.84 Å². The van der Waals surface area contributed by atoms with Gasteiger partial charge in [-0.2, -0.15) is 0 Å². The molecule has 0 bridgehead atoms. The molecule has 0 aromatic heterocycles. The predicted octanol–water partition coefficient (Wildman–Crippen LogP) is 1.81. The van der Waals surface area contributed by atoms with Crippen LogP contribution in [0, 0.1) is 0 Å². The van der Waals surface area contributed by atoms with Crippen LogP contribution >= 0.6 is 11.6 Å². The first-order chi connectivity index (χ1) is 9.94. The topological polar surface area (TPSA) is 75.3 Å². The van der Waals surface area contributed by atoms with Crippen LogP contribution in [-0.2, 0) is 16.3 Å². The van der Waals surface area contributed by atoms with E-state index in [4.69, 9.17) is 11.6 Å². The molecule has 2 aliphatic rings. The molecule has 0 saturated carbocycles. The second-order valence-electron chi connectivity index (χ2n) is 5.62.